The molecule has 4 nitrogen and oxygen atoms in total. The van der Waals surface area contributed by atoms with Gasteiger partial charge in [0, 0.05) is 18.6 Å². The van der Waals surface area contributed by atoms with Crippen LogP contribution in [0.5, 0.6) is 0 Å². The SMILES string of the molecule is CCC(COCC(C)(C)COCC1CCCC(O)C1)CC1OC1C. The molecule has 0 aromatic heterocycles. The maximum absolute atomic E-state index is 9.73. The van der Waals surface area contributed by atoms with E-state index in [1.807, 2.05) is 0 Å². The molecule has 0 bridgehead atoms. The van der Waals surface area contributed by atoms with Crippen molar-refractivity contribution >= 4 is 0 Å². The third-order valence-corrected chi connectivity index (χ3v) is 5.43. The van der Waals surface area contributed by atoms with Crippen LogP contribution in [0, 0.1) is 17.3 Å². The summed E-state index contributed by atoms with van der Waals surface area (Å²) in [7, 11) is 0. The van der Waals surface area contributed by atoms with Crippen molar-refractivity contribution in [2.24, 2.45) is 17.3 Å². The van der Waals surface area contributed by atoms with E-state index in [0.29, 0.717) is 24.0 Å². The van der Waals surface area contributed by atoms with Crippen molar-refractivity contribution in [2.45, 2.75) is 84.5 Å². The molecule has 1 saturated heterocycles. The van der Waals surface area contributed by atoms with Gasteiger partial charge in [-0.25, -0.2) is 0 Å². The Balaban J connectivity index is 1.56. The first-order valence-electron chi connectivity index (χ1n) is 9.88. The van der Waals surface area contributed by atoms with E-state index in [1.54, 1.807) is 0 Å². The second kappa shape index (κ2) is 9.51. The standard InChI is InChI=1S/C20H38O4/c1-5-16(10-19-15(2)24-19)11-22-13-20(3,4)14-23-12-17-7-6-8-18(21)9-17/h15-19,21H,5-14H2,1-4H3. The van der Waals surface area contributed by atoms with Crippen LogP contribution in [0.3, 0.4) is 0 Å². The number of rotatable bonds is 11. The minimum absolute atomic E-state index is 0.0367. The molecule has 5 unspecified atom stereocenters. The molecule has 2 fully saturated rings. The minimum atomic E-state index is -0.118. The van der Waals surface area contributed by atoms with E-state index in [1.165, 1.54) is 6.42 Å². The largest absolute Gasteiger partial charge is 0.393 e. The maximum Gasteiger partial charge on any atom is 0.0842 e. The summed E-state index contributed by atoms with van der Waals surface area (Å²) in [6, 6.07) is 0. The number of aliphatic hydroxyl groups is 1. The van der Waals surface area contributed by atoms with Crippen molar-refractivity contribution < 1.29 is 19.3 Å². The van der Waals surface area contributed by atoms with Gasteiger partial charge in [-0.1, -0.05) is 33.6 Å². The molecule has 0 radical (unpaired) electrons. The van der Waals surface area contributed by atoms with Gasteiger partial charge in [0.1, 0.15) is 0 Å². The summed E-state index contributed by atoms with van der Waals surface area (Å²) in [4.78, 5) is 0. The van der Waals surface area contributed by atoms with E-state index < -0.39 is 0 Å². The second-order valence-electron chi connectivity index (χ2n) is 8.77. The van der Waals surface area contributed by atoms with Crippen LogP contribution in [0.25, 0.3) is 0 Å². The topological polar surface area (TPSA) is 51.2 Å². The molecule has 1 saturated carbocycles. The molecule has 1 heterocycles. The van der Waals surface area contributed by atoms with Crippen molar-refractivity contribution in [2.75, 3.05) is 26.4 Å². The molecule has 2 rings (SSSR count). The molecule has 0 aromatic rings. The average molecular weight is 343 g/mol. The highest BCUT2D eigenvalue weighted by atomic mass is 16.6. The first-order chi connectivity index (χ1) is 11.4. The summed E-state index contributed by atoms with van der Waals surface area (Å²) in [5, 5.41) is 9.73. The van der Waals surface area contributed by atoms with Crippen molar-refractivity contribution in [3.8, 4) is 0 Å². The van der Waals surface area contributed by atoms with Gasteiger partial charge in [0.2, 0.25) is 0 Å². The van der Waals surface area contributed by atoms with Gasteiger partial charge in [0.05, 0.1) is 31.5 Å². The zero-order valence-corrected chi connectivity index (χ0v) is 16.1. The van der Waals surface area contributed by atoms with Gasteiger partial charge in [-0.2, -0.15) is 0 Å². The van der Waals surface area contributed by atoms with Crippen LogP contribution in [-0.4, -0.2) is 49.8 Å². The van der Waals surface area contributed by atoms with Crippen LogP contribution in [-0.2, 0) is 14.2 Å². The lowest BCUT2D eigenvalue weighted by atomic mass is 9.88. The van der Waals surface area contributed by atoms with Crippen molar-refractivity contribution in [1.82, 2.24) is 0 Å². The molecular weight excluding hydrogens is 304 g/mol. The molecule has 0 amide bonds. The molecule has 2 aliphatic rings. The van der Waals surface area contributed by atoms with E-state index in [-0.39, 0.29) is 11.5 Å². The molecule has 1 aliphatic carbocycles. The Morgan fingerprint density at radius 3 is 2.54 bits per heavy atom. The number of hydrogen-bond donors (Lipinski definition) is 1. The Morgan fingerprint density at radius 1 is 1.21 bits per heavy atom. The number of aliphatic hydroxyl groups excluding tert-OH is 1. The lowest BCUT2D eigenvalue weighted by Crippen LogP contribution is -2.29. The Hall–Kier alpha value is -0.160. The van der Waals surface area contributed by atoms with Gasteiger partial charge in [-0.15, -0.1) is 0 Å². The Kier molecular flexibility index (Phi) is 7.99. The summed E-state index contributed by atoms with van der Waals surface area (Å²) >= 11 is 0. The highest BCUT2D eigenvalue weighted by Gasteiger charge is 2.35. The van der Waals surface area contributed by atoms with E-state index in [9.17, 15) is 5.11 Å². The van der Waals surface area contributed by atoms with Gasteiger partial charge in [0.25, 0.3) is 0 Å². The quantitative estimate of drug-likeness (QED) is 0.580. The molecule has 4 heteroatoms. The van der Waals surface area contributed by atoms with Crippen molar-refractivity contribution in [3.63, 3.8) is 0 Å². The fourth-order valence-corrected chi connectivity index (χ4v) is 3.62. The summed E-state index contributed by atoms with van der Waals surface area (Å²) < 4.78 is 17.5. The van der Waals surface area contributed by atoms with Crippen LogP contribution in [0.2, 0.25) is 0 Å². The van der Waals surface area contributed by atoms with Gasteiger partial charge < -0.3 is 19.3 Å². The van der Waals surface area contributed by atoms with Crippen LogP contribution in [0.15, 0.2) is 0 Å². The highest BCUT2D eigenvalue weighted by molar-refractivity contribution is 4.82. The lowest BCUT2D eigenvalue weighted by Gasteiger charge is -2.29. The molecule has 1 aliphatic heterocycles. The normalized spacial score (nSPS) is 31.9. The number of ether oxygens (including phenoxy) is 3. The van der Waals surface area contributed by atoms with Crippen LogP contribution in [0.1, 0.15) is 66.2 Å². The third-order valence-electron chi connectivity index (χ3n) is 5.43. The highest BCUT2D eigenvalue weighted by Crippen LogP contribution is 2.30. The molecule has 142 valence electrons. The minimum Gasteiger partial charge on any atom is -0.393 e. The number of hydrogen-bond acceptors (Lipinski definition) is 4. The zero-order valence-electron chi connectivity index (χ0n) is 16.1. The molecule has 5 atom stereocenters. The first kappa shape index (κ1) is 20.2. The maximum atomic E-state index is 9.73. The molecule has 1 N–H and O–H groups in total. The molecule has 0 aromatic carbocycles. The fourth-order valence-electron chi connectivity index (χ4n) is 3.62. The van der Waals surface area contributed by atoms with Gasteiger partial charge in [-0.3, -0.25) is 0 Å². The average Bonchev–Trinajstić information content (AvgIpc) is 3.21. The predicted molar refractivity (Wildman–Crippen MR) is 96.1 cm³/mol. The van der Waals surface area contributed by atoms with E-state index in [4.69, 9.17) is 14.2 Å². The molecular formula is C20H38O4. The Bertz CT molecular complexity index is 358. The van der Waals surface area contributed by atoms with Crippen LogP contribution in [0.4, 0.5) is 0 Å². The second-order valence-corrected chi connectivity index (χ2v) is 8.77. The summed E-state index contributed by atoms with van der Waals surface area (Å²) in [5.41, 5.74) is 0.0367. The predicted octanol–water partition coefficient (Wildman–Crippen LogP) is 3.80. The molecule has 24 heavy (non-hydrogen) atoms. The number of epoxide rings is 1. The zero-order chi connectivity index (χ0) is 17.6. The summed E-state index contributed by atoms with van der Waals surface area (Å²) in [6.45, 7) is 11.8. The summed E-state index contributed by atoms with van der Waals surface area (Å²) in [6.07, 6.45) is 7.23. The smallest absolute Gasteiger partial charge is 0.0842 e. The fraction of sp³-hybridized carbons (Fsp3) is 1.00. The van der Waals surface area contributed by atoms with Gasteiger partial charge >= 0.3 is 0 Å². The van der Waals surface area contributed by atoms with Gasteiger partial charge in [-0.05, 0) is 44.4 Å². The van der Waals surface area contributed by atoms with Gasteiger partial charge in [0.15, 0.2) is 0 Å². The van der Waals surface area contributed by atoms with Crippen molar-refractivity contribution in [3.05, 3.63) is 0 Å². The Morgan fingerprint density at radius 2 is 1.92 bits per heavy atom. The monoisotopic (exact) mass is 342 g/mol. The molecule has 0 spiro atoms. The first-order valence-corrected chi connectivity index (χ1v) is 9.88. The van der Waals surface area contributed by atoms with Crippen LogP contribution >= 0.6 is 0 Å². The Labute approximate surface area is 148 Å². The summed E-state index contributed by atoms with van der Waals surface area (Å²) in [5.74, 6) is 1.12. The van der Waals surface area contributed by atoms with E-state index in [2.05, 4.69) is 27.7 Å². The third kappa shape index (κ3) is 7.38. The van der Waals surface area contributed by atoms with E-state index >= 15 is 0 Å². The van der Waals surface area contributed by atoms with Crippen molar-refractivity contribution in [1.29, 1.82) is 0 Å². The van der Waals surface area contributed by atoms with E-state index in [0.717, 1.165) is 58.5 Å². The van der Waals surface area contributed by atoms with Crippen LogP contribution < -0.4 is 0 Å². The lowest BCUT2D eigenvalue weighted by molar-refractivity contribution is -0.0307.